The Balaban J connectivity index is 2.27. The number of aromatic nitrogens is 2. The Hall–Kier alpha value is -2.16. The maximum absolute atomic E-state index is 11.3. The van der Waals surface area contributed by atoms with E-state index in [1.807, 2.05) is 0 Å². The number of nitrogens with one attached hydrogen (secondary N) is 2. The quantitative estimate of drug-likeness (QED) is 0.614. The van der Waals surface area contributed by atoms with E-state index in [9.17, 15) is 9.59 Å². The third-order valence-electron chi connectivity index (χ3n) is 1.98. The number of nitrogens with zero attached hydrogens (tertiary/aromatic N) is 2. The van der Waals surface area contributed by atoms with Crippen LogP contribution < -0.4 is 10.6 Å². The number of ether oxygens (including phenoxy) is 1. The van der Waals surface area contributed by atoms with Crippen molar-refractivity contribution in [3.63, 3.8) is 0 Å². The molecule has 1 unspecified atom stereocenters. The van der Waals surface area contributed by atoms with E-state index in [4.69, 9.17) is 9.63 Å². The van der Waals surface area contributed by atoms with Gasteiger partial charge in [0, 0.05) is 7.11 Å². The Morgan fingerprint density at radius 2 is 2.22 bits per heavy atom. The van der Waals surface area contributed by atoms with Gasteiger partial charge in [0.1, 0.15) is 0 Å². The molecule has 0 saturated heterocycles. The SMILES string of the molecule is COC(CNC(=O)NCc1nc(C)no1)C(=O)O. The van der Waals surface area contributed by atoms with Crippen LogP contribution in [0.1, 0.15) is 11.7 Å². The standard InChI is InChI=1S/C9H14N4O5/c1-5-12-7(18-13-5)4-11-9(16)10-3-6(17-2)8(14)15/h6H,3-4H2,1-2H3,(H,14,15)(H2,10,11,16). The highest BCUT2D eigenvalue weighted by molar-refractivity contribution is 5.76. The highest BCUT2D eigenvalue weighted by atomic mass is 16.5. The minimum absolute atomic E-state index is 0.0669. The van der Waals surface area contributed by atoms with Gasteiger partial charge in [-0.3, -0.25) is 0 Å². The molecule has 0 radical (unpaired) electrons. The van der Waals surface area contributed by atoms with E-state index in [-0.39, 0.29) is 19.0 Å². The van der Waals surface area contributed by atoms with Crippen LogP contribution in [-0.2, 0) is 16.1 Å². The molecule has 9 heteroatoms. The Morgan fingerprint density at radius 1 is 1.50 bits per heavy atom. The molecule has 18 heavy (non-hydrogen) atoms. The van der Waals surface area contributed by atoms with Crippen molar-refractivity contribution in [2.24, 2.45) is 0 Å². The van der Waals surface area contributed by atoms with E-state index in [1.54, 1.807) is 6.92 Å². The third kappa shape index (κ3) is 4.37. The van der Waals surface area contributed by atoms with Crippen molar-refractivity contribution >= 4 is 12.0 Å². The van der Waals surface area contributed by atoms with Crippen LogP contribution >= 0.6 is 0 Å². The topological polar surface area (TPSA) is 127 Å². The van der Waals surface area contributed by atoms with E-state index in [0.29, 0.717) is 5.82 Å². The Kier molecular flexibility index (Phi) is 5.06. The minimum atomic E-state index is -1.15. The molecule has 1 aromatic heterocycles. The molecule has 1 heterocycles. The molecule has 0 aromatic carbocycles. The van der Waals surface area contributed by atoms with Crippen LogP contribution in [0.25, 0.3) is 0 Å². The van der Waals surface area contributed by atoms with Crippen LogP contribution in [0, 0.1) is 6.92 Å². The summed E-state index contributed by atoms with van der Waals surface area (Å²) in [6.45, 7) is 1.58. The van der Waals surface area contributed by atoms with Crippen LogP contribution in [-0.4, -0.2) is 47.0 Å². The number of methoxy groups -OCH3 is 1. The number of carbonyl (C=O) groups excluding carboxylic acids is 1. The normalized spacial score (nSPS) is 11.9. The Labute approximate surface area is 103 Å². The molecule has 0 aliphatic heterocycles. The number of carbonyl (C=O) groups is 2. The van der Waals surface area contributed by atoms with Gasteiger partial charge >= 0.3 is 12.0 Å². The number of hydrogen-bond acceptors (Lipinski definition) is 6. The van der Waals surface area contributed by atoms with Gasteiger partial charge in [0.25, 0.3) is 0 Å². The first-order valence-corrected chi connectivity index (χ1v) is 5.09. The lowest BCUT2D eigenvalue weighted by molar-refractivity contribution is -0.147. The summed E-state index contributed by atoms with van der Waals surface area (Å²) < 4.78 is 9.42. The summed E-state index contributed by atoms with van der Waals surface area (Å²) in [6.07, 6.45) is -1.08. The zero-order valence-corrected chi connectivity index (χ0v) is 9.97. The molecule has 0 aliphatic carbocycles. The number of aryl methyl sites for hydroxylation is 1. The van der Waals surface area contributed by atoms with Gasteiger partial charge in [-0.15, -0.1) is 0 Å². The van der Waals surface area contributed by atoms with Gasteiger partial charge in [-0.25, -0.2) is 9.59 Å². The van der Waals surface area contributed by atoms with Gasteiger partial charge in [-0.05, 0) is 6.92 Å². The number of carboxylic acid groups (broad SMARTS) is 1. The molecule has 2 amide bonds. The van der Waals surface area contributed by atoms with Crippen LogP contribution in [0.2, 0.25) is 0 Å². The second kappa shape index (κ2) is 6.55. The van der Waals surface area contributed by atoms with E-state index in [1.165, 1.54) is 7.11 Å². The van der Waals surface area contributed by atoms with Crippen molar-refractivity contribution in [3.8, 4) is 0 Å². The first-order chi connectivity index (χ1) is 8.52. The Morgan fingerprint density at radius 3 is 2.72 bits per heavy atom. The molecule has 3 N–H and O–H groups in total. The van der Waals surface area contributed by atoms with Crippen molar-refractivity contribution in [3.05, 3.63) is 11.7 Å². The maximum atomic E-state index is 11.3. The molecule has 9 nitrogen and oxygen atoms in total. The smallest absolute Gasteiger partial charge is 0.334 e. The zero-order chi connectivity index (χ0) is 13.5. The average Bonchev–Trinajstić information content (AvgIpc) is 2.73. The molecule has 0 spiro atoms. The molecule has 1 atom stereocenters. The first-order valence-electron chi connectivity index (χ1n) is 5.09. The molecule has 100 valence electrons. The van der Waals surface area contributed by atoms with Gasteiger partial charge in [-0.1, -0.05) is 5.16 Å². The molecule has 1 aromatic rings. The molecule has 0 bridgehead atoms. The monoisotopic (exact) mass is 258 g/mol. The predicted molar refractivity (Wildman–Crippen MR) is 57.7 cm³/mol. The number of carboxylic acids is 1. The number of rotatable bonds is 6. The second-order valence-corrected chi connectivity index (χ2v) is 3.36. The van der Waals surface area contributed by atoms with Gasteiger partial charge in [-0.2, -0.15) is 4.98 Å². The van der Waals surface area contributed by atoms with Crippen molar-refractivity contribution in [1.29, 1.82) is 0 Å². The highest BCUT2D eigenvalue weighted by Crippen LogP contribution is 1.94. The summed E-state index contributed by atoms with van der Waals surface area (Å²) >= 11 is 0. The van der Waals surface area contributed by atoms with Crippen LogP contribution in [0.15, 0.2) is 4.52 Å². The summed E-state index contributed by atoms with van der Waals surface area (Å²) in [7, 11) is 1.25. The molecule has 1 rings (SSSR count). The van der Waals surface area contributed by atoms with Crippen molar-refractivity contribution in [2.75, 3.05) is 13.7 Å². The van der Waals surface area contributed by atoms with Crippen LogP contribution in [0.3, 0.4) is 0 Å². The predicted octanol–water partition coefficient (Wildman–Crippen LogP) is -0.723. The third-order valence-corrected chi connectivity index (χ3v) is 1.98. The number of urea groups is 1. The molecule has 0 saturated carbocycles. The largest absolute Gasteiger partial charge is 0.479 e. The highest BCUT2D eigenvalue weighted by Gasteiger charge is 2.17. The van der Waals surface area contributed by atoms with Gasteiger partial charge in [0.15, 0.2) is 11.9 Å². The van der Waals surface area contributed by atoms with Crippen molar-refractivity contribution < 1.29 is 24.0 Å². The molecule has 0 fully saturated rings. The number of amides is 2. The van der Waals surface area contributed by atoms with E-state index >= 15 is 0 Å². The first kappa shape index (κ1) is 13.9. The zero-order valence-electron chi connectivity index (χ0n) is 9.97. The summed E-state index contributed by atoms with van der Waals surface area (Å²) in [6, 6.07) is -0.547. The molecule has 0 aliphatic rings. The summed E-state index contributed by atoms with van der Waals surface area (Å²) in [5.41, 5.74) is 0. The summed E-state index contributed by atoms with van der Waals surface area (Å²) in [5, 5.41) is 17.0. The average molecular weight is 258 g/mol. The molecular weight excluding hydrogens is 244 g/mol. The lowest BCUT2D eigenvalue weighted by Gasteiger charge is -2.11. The van der Waals surface area contributed by atoms with Gasteiger partial charge in [0.2, 0.25) is 5.89 Å². The van der Waals surface area contributed by atoms with E-state index < -0.39 is 18.1 Å². The van der Waals surface area contributed by atoms with E-state index in [2.05, 4.69) is 25.5 Å². The Bertz CT molecular complexity index is 419. The fraction of sp³-hybridized carbons (Fsp3) is 0.556. The minimum Gasteiger partial charge on any atom is -0.479 e. The lowest BCUT2D eigenvalue weighted by Crippen LogP contribution is -2.42. The second-order valence-electron chi connectivity index (χ2n) is 3.36. The molecular formula is C9H14N4O5. The van der Waals surface area contributed by atoms with Gasteiger partial charge in [0.05, 0.1) is 13.1 Å². The number of aliphatic carboxylic acids is 1. The van der Waals surface area contributed by atoms with Crippen molar-refractivity contribution in [2.45, 2.75) is 19.6 Å². The lowest BCUT2D eigenvalue weighted by atomic mass is 10.3. The van der Waals surface area contributed by atoms with Crippen LogP contribution in [0.4, 0.5) is 4.79 Å². The summed E-state index contributed by atoms with van der Waals surface area (Å²) in [4.78, 5) is 25.8. The van der Waals surface area contributed by atoms with E-state index in [0.717, 1.165) is 0 Å². The fourth-order valence-corrected chi connectivity index (χ4v) is 1.09. The fourth-order valence-electron chi connectivity index (χ4n) is 1.09. The maximum Gasteiger partial charge on any atom is 0.334 e. The van der Waals surface area contributed by atoms with Crippen molar-refractivity contribution in [1.82, 2.24) is 20.8 Å². The van der Waals surface area contributed by atoms with Crippen LogP contribution in [0.5, 0.6) is 0 Å². The number of hydrogen-bond donors (Lipinski definition) is 3. The summed E-state index contributed by atoms with van der Waals surface area (Å²) in [5.74, 6) is -0.410. The van der Waals surface area contributed by atoms with Gasteiger partial charge < -0.3 is 25.0 Å².